The van der Waals surface area contributed by atoms with Gasteiger partial charge in [-0.15, -0.1) is 0 Å². The summed E-state index contributed by atoms with van der Waals surface area (Å²) in [6.07, 6.45) is -3.02. The Balaban J connectivity index is 1.91. The summed E-state index contributed by atoms with van der Waals surface area (Å²) in [4.78, 5) is 193. The molecule has 9 N–H and O–H groups in total. The SMILES string of the molecule is CC(C)C[C@@H]1NC(=O)C(CCCCNC(=O)[C@H](CSSC(C)(C)C)NC(=O)O)NC(=O)[C@H](Cc2ccccc2)NC(=O)C(CSSC(C)(C)C)OC(=O)[C@H](Cc2ccccc2)NC(=O)[C@H](C)NC(=O)[C@H](C)N(C)C(=O)[C@H](Cc2ccccc2)N(C)C(=O)[C@H](C)NC(=O)[C@H](CC(C)C)N(C)C(=O)[C@H](C)N(C)C1=O. The van der Waals surface area contributed by atoms with Crippen molar-refractivity contribution in [3.05, 3.63) is 108 Å². The molecule has 0 aromatic heterocycles. The first kappa shape index (κ1) is 91.4. The maximum atomic E-state index is 15.3. The maximum Gasteiger partial charge on any atom is 0.405 e. The molecule has 12 amide bonds. The van der Waals surface area contributed by atoms with Crippen LogP contribution in [0, 0.1) is 11.8 Å². The Hall–Kier alpha value is -8.03. The third kappa shape index (κ3) is 31.2. The van der Waals surface area contributed by atoms with E-state index in [-0.39, 0.29) is 90.7 Å². The standard InChI is InChI=1S/C76H114N12O15S4/c1-45(2)38-56-71(98)86(16)50(8)70(97)87(17)59(39-46(3)4)67(94)79-48(6)69(96)88(18)60(42-53-34-26-21-27-35-53)72(99)85(15)49(7)63(90)78-47(5)62(89)83-57(41-52-32-24-20-25-33-52)73(100)103-61(44-105-107-76(12,13)14)68(95)81-55(40-51-30-22-19-23-31-51)66(93)80-54(65(92)82-56)36-28-29-37-77-64(91)58(84-74(101)102)43-104-106-75(9,10)11/h19-27,30-35,45-50,54-61,84H,28-29,36-44H2,1-18H3,(H,77,91)(H,78,90)(H,79,94)(H,80,93)(H,81,95)(H,82,92)(H,83,89)(H,101,102)/t47-,48-,49-,50-,54?,55-,56-,57-,58-,59-,60-,61?/m0/s1. The van der Waals surface area contributed by atoms with Crippen LogP contribution in [0.2, 0.25) is 0 Å². The molecule has 31 heteroatoms. The molecule has 0 spiro atoms. The average molecular weight is 1560 g/mol. The van der Waals surface area contributed by atoms with Gasteiger partial charge in [-0.25, -0.2) is 9.59 Å². The number of likely N-dealkylation sites (N-methyl/N-ethyl adjacent to an activating group) is 4. The Labute approximate surface area is 646 Å². The lowest BCUT2D eigenvalue weighted by Gasteiger charge is -2.36. The molecule has 0 saturated carbocycles. The van der Waals surface area contributed by atoms with Gasteiger partial charge in [0, 0.05) is 69.2 Å². The molecule has 1 aliphatic heterocycles. The van der Waals surface area contributed by atoms with E-state index in [1.165, 1.54) is 109 Å². The summed E-state index contributed by atoms with van der Waals surface area (Å²) in [5.74, 6) is -9.88. The van der Waals surface area contributed by atoms with Gasteiger partial charge >= 0.3 is 12.1 Å². The number of esters is 1. The van der Waals surface area contributed by atoms with Crippen LogP contribution < -0.4 is 42.5 Å². The van der Waals surface area contributed by atoms with Crippen molar-refractivity contribution < 1.29 is 72.2 Å². The Morgan fingerprint density at radius 1 is 0.486 bits per heavy atom. The van der Waals surface area contributed by atoms with E-state index in [1.807, 2.05) is 69.2 Å². The molecule has 1 fully saturated rings. The minimum Gasteiger partial charge on any atom is -0.465 e. The zero-order valence-electron chi connectivity index (χ0n) is 65.1. The van der Waals surface area contributed by atoms with Crippen LogP contribution in [0.5, 0.6) is 0 Å². The molecule has 3 aromatic rings. The van der Waals surface area contributed by atoms with Gasteiger partial charge in [-0.3, -0.25) is 52.7 Å². The van der Waals surface area contributed by atoms with Crippen molar-refractivity contribution in [2.75, 3.05) is 46.2 Å². The van der Waals surface area contributed by atoms with Gasteiger partial charge < -0.3 is 72.0 Å². The smallest absolute Gasteiger partial charge is 0.405 e. The van der Waals surface area contributed by atoms with Gasteiger partial charge in [0.05, 0.1) is 5.75 Å². The highest BCUT2D eigenvalue weighted by Crippen LogP contribution is 2.37. The van der Waals surface area contributed by atoms with Gasteiger partial charge in [0.1, 0.15) is 66.5 Å². The second-order valence-corrected chi connectivity index (χ2v) is 36.2. The van der Waals surface area contributed by atoms with E-state index in [1.54, 1.807) is 91.0 Å². The highest BCUT2D eigenvalue weighted by molar-refractivity contribution is 8.77. The van der Waals surface area contributed by atoms with Crippen LogP contribution in [-0.2, 0) is 81.5 Å². The molecule has 12 atom stereocenters. The van der Waals surface area contributed by atoms with Crippen LogP contribution >= 0.6 is 43.2 Å². The van der Waals surface area contributed by atoms with Gasteiger partial charge in [0.2, 0.25) is 59.1 Å². The van der Waals surface area contributed by atoms with Crippen LogP contribution in [0.1, 0.15) is 146 Å². The van der Waals surface area contributed by atoms with E-state index < -0.39 is 150 Å². The number of hydrogen-bond donors (Lipinski definition) is 9. The number of benzene rings is 3. The first-order chi connectivity index (χ1) is 50.1. The Kier molecular flexibility index (Phi) is 37.4. The van der Waals surface area contributed by atoms with Crippen LogP contribution in [0.4, 0.5) is 4.79 Å². The predicted molar refractivity (Wildman–Crippen MR) is 421 cm³/mol. The molecule has 27 nitrogen and oxygen atoms in total. The molecule has 592 valence electrons. The van der Waals surface area contributed by atoms with E-state index >= 15 is 19.2 Å². The minimum atomic E-state index is -1.64. The number of unbranched alkanes of at least 4 members (excludes halogenated alkanes) is 1. The third-order valence-corrected chi connectivity index (χ3v) is 24.1. The molecule has 0 aliphatic carbocycles. The molecular formula is C76H114N12O15S4. The number of nitrogens with one attached hydrogen (secondary N) is 8. The van der Waals surface area contributed by atoms with Gasteiger partial charge in [-0.1, -0.05) is 203 Å². The summed E-state index contributed by atoms with van der Waals surface area (Å²) in [5, 5.41) is 31.3. The summed E-state index contributed by atoms with van der Waals surface area (Å²) in [5.41, 5.74) is 1.80. The fraction of sp³-hybridized carbons (Fsp3) is 0.592. The van der Waals surface area contributed by atoms with Crippen molar-refractivity contribution >= 4 is 120 Å². The Morgan fingerprint density at radius 3 is 1.49 bits per heavy atom. The normalized spacial score (nSPS) is 23.7. The van der Waals surface area contributed by atoms with Crippen molar-refractivity contribution in [1.29, 1.82) is 0 Å². The Bertz CT molecular complexity index is 3480. The van der Waals surface area contributed by atoms with E-state index in [4.69, 9.17) is 4.74 Å². The third-order valence-electron chi connectivity index (χ3n) is 17.5. The maximum absolute atomic E-state index is 15.3. The van der Waals surface area contributed by atoms with Crippen molar-refractivity contribution in [3.63, 3.8) is 0 Å². The molecule has 3 aromatic carbocycles. The summed E-state index contributed by atoms with van der Waals surface area (Å²) in [7, 11) is 11.0. The lowest BCUT2D eigenvalue weighted by molar-refractivity contribution is -0.157. The zero-order chi connectivity index (χ0) is 80.2. The van der Waals surface area contributed by atoms with E-state index in [0.717, 1.165) is 9.80 Å². The fourth-order valence-corrected chi connectivity index (χ4v) is 16.1. The number of carboxylic acid groups (broad SMARTS) is 1. The highest BCUT2D eigenvalue weighted by Gasteiger charge is 2.41. The molecule has 0 radical (unpaired) electrons. The number of carbonyl (C=O) groups is 13. The van der Waals surface area contributed by atoms with Crippen molar-refractivity contribution in [3.8, 4) is 0 Å². The van der Waals surface area contributed by atoms with E-state index in [2.05, 4.69) is 42.5 Å². The Morgan fingerprint density at radius 2 is 0.953 bits per heavy atom. The van der Waals surface area contributed by atoms with E-state index in [9.17, 15) is 48.3 Å². The first-order valence-corrected chi connectivity index (χ1v) is 40.8. The van der Waals surface area contributed by atoms with Crippen LogP contribution in [0.15, 0.2) is 91.0 Å². The van der Waals surface area contributed by atoms with Crippen LogP contribution in [-0.4, -0.2) is 230 Å². The van der Waals surface area contributed by atoms with Crippen molar-refractivity contribution in [2.45, 2.75) is 230 Å². The molecule has 107 heavy (non-hydrogen) atoms. The number of nitrogens with zero attached hydrogens (tertiary/aromatic N) is 4. The summed E-state index contributed by atoms with van der Waals surface area (Å²) >= 11 is 0. The number of ether oxygens (including phenoxy) is 1. The fourth-order valence-electron chi connectivity index (χ4n) is 11.2. The average Bonchev–Trinajstić information content (AvgIpc) is 0.830. The number of cyclic esters (lactones) is 1. The summed E-state index contributed by atoms with van der Waals surface area (Å²) < 4.78 is 5.58. The quantitative estimate of drug-likeness (QED) is 0.0285. The zero-order valence-corrected chi connectivity index (χ0v) is 68.4. The van der Waals surface area contributed by atoms with Crippen molar-refractivity contribution in [1.82, 2.24) is 62.1 Å². The molecular weight excluding hydrogens is 1450 g/mol. The highest BCUT2D eigenvalue weighted by atomic mass is 33.1. The van der Waals surface area contributed by atoms with Gasteiger partial charge in [-0.05, 0) is 88.3 Å². The molecule has 1 saturated heterocycles. The van der Waals surface area contributed by atoms with Crippen LogP contribution in [0.25, 0.3) is 0 Å². The van der Waals surface area contributed by atoms with Gasteiger partial charge in [0.25, 0.3) is 5.91 Å². The second kappa shape index (κ2) is 43.8. The number of amides is 12. The molecule has 1 heterocycles. The molecule has 0 bridgehead atoms. The van der Waals surface area contributed by atoms with Gasteiger partial charge in [0.15, 0.2) is 6.10 Å². The topological polar surface area (TPSA) is 361 Å². The molecule has 1 aliphatic rings. The second-order valence-electron chi connectivity index (χ2n) is 29.9. The lowest BCUT2D eigenvalue weighted by atomic mass is 9.99. The number of carbonyl (C=O) groups excluding carboxylic acids is 12. The number of rotatable bonds is 23. The predicted octanol–water partition coefficient (Wildman–Crippen LogP) is 6.31. The number of hydrogen-bond acceptors (Lipinski definition) is 18. The van der Waals surface area contributed by atoms with Gasteiger partial charge in [-0.2, -0.15) is 0 Å². The largest absolute Gasteiger partial charge is 0.465 e. The van der Waals surface area contributed by atoms with Crippen LogP contribution in [0.3, 0.4) is 0 Å². The molecule has 2 unspecified atom stereocenters. The van der Waals surface area contributed by atoms with Crippen molar-refractivity contribution in [2.24, 2.45) is 11.8 Å². The molecule has 4 rings (SSSR count). The van der Waals surface area contributed by atoms with E-state index in [0.29, 0.717) is 16.7 Å². The minimum absolute atomic E-state index is 0.0163. The summed E-state index contributed by atoms with van der Waals surface area (Å²) in [6.45, 7) is 24.8. The summed E-state index contributed by atoms with van der Waals surface area (Å²) in [6, 6.07) is 11.6. The monoisotopic (exact) mass is 1560 g/mol. The first-order valence-electron chi connectivity index (χ1n) is 36.2. The lowest BCUT2D eigenvalue weighted by Crippen LogP contribution is -2.60.